The predicted octanol–water partition coefficient (Wildman–Crippen LogP) is 0.797. The molecular weight excluding hydrogens is 112 g/mol. The molecule has 0 saturated heterocycles. The Morgan fingerprint density at radius 3 is 2.43 bits per heavy atom. The lowest BCUT2D eigenvalue weighted by Gasteiger charge is -2.00. The summed E-state index contributed by atoms with van der Waals surface area (Å²) in [6.07, 6.45) is 0. The molecule has 0 aromatic rings. The standard InChI is InChI=1S/C4H9ClN2/c1-3(2-5)4(6)7/h3H,2H2,1H3,(H3,6,7). The van der Waals surface area contributed by atoms with Gasteiger partial charge in [-0.1, -0.05) is 6.92 Å². The summed E-state index contributed by atoms with van der Waals surface area (Å²) in [6, 6.07) is 0. The lowest BCUT2D eigenvalue weighted by Crippen LogP contribution is -2.20. The monoisotopic (exact) mass is 120 g/mol. The molecule has 0 aliphatic carbocycles. The van der Waals surface area contributed by atoms with Crippen LogP contribution in [0.4, 0.5) is 0 Å². The van der Waals surface area contributed by atoms with Crippen molar-refractivity contribution in [3.63, 3.8) is 0 Å². The van der Waals surface area contributed by atoms with Gasteiger partial charge in [0.25, 0.3) is 0 Å². The van der Waals surface area contributed by atoms with Gasteiger partial charge in [0.2, 0.25) is 0 Å². The molecule has 2 nitrogen and oxygen atoms in total. The molecule has 0 bridgehead atoms. The molecule has 0 saturated carbocycles. The third-order valence-corrected chi connectivity index (χ3v) is 1.23. The first-order valence-corrected chi connectivity index (χ1v) is 2.61. The zero-order valence-electron chi connectivity index (χ0n) is 4.24. The topological polar surface area (TPSA) is 49.9 Å². The highest BCUT2D eigenvalue weighted by molar-refractivity contribution is 6.19. The fraction of sp³-hybridized carbons (Fsp3) is 0.750. The van der Waals surface area contributed by atoms with E-state index in [9.17, 15) is 0 Å². The summed E-state index contributed by atoms with van der Waals surface area (Å²) in [5.74, 6) is 0.631. The second-order valence-electron chi connectivity index (χ2n) is 1.51. The molecule has 0 radical (unpaired) electrons. The molecular formula is C4H9ClN2. The molecule has 0 spiro atoms. The summed E-state index contributed by atoms with van der Waals surface area (Å²) < 4.78 is 0. The predicted molar refractivity (Wildman–Crippen MR) is 31.8 cm³/mol. The van der Waals surface area contributed by atoms with Gasteiger partial charge in [-0.15, -0.1) is 11.6 Å². The molecule has 3 heteroatoms. The van der Waals surface area contributed by atoms with Crippen LogP contribution in [0.2, 0.25) is 0 Å². The Balaban J connectivity index is 3.34. The summed E-state index contributed by atoms with van der Waals surface area (Å²) in [6.45, 7) is 1.81. The average Bonchev–Trinajstić information content (AvgIpc) is 1.65. The number of alkyl halides is 1. The Hall–Kier alpha value is -0.240. The highest BCUT2D eigenvalue weighted by atomic mass is 35.5. The normalized spacial score (nSPS) is 13.4. The maximum Gasteiger partial charge on any atom is 0.0946 e. The number of rotatable bonds is 2. The fourth-order valence-electron chi connectivity index (χ4n) is 0.0831. The van der Waals surface area contributed by atoms with E-state index >= 15 is 0 Å². The number of hydrogen-bond donors (Lipinski definition) is 2. The third-order valence-electron chi connectivity index (χ3n) is 0.762. The third kappa shape index (κ3) is 2.45. The van der Waals surface area contributed by atoms with Crippen molar-refractivity contribution in [2.75, 3.05) is 5.88 Å². The van der Waals surface area contributed by atoms with Crippen molar-refractivity contribution < 1.29 is 0 Å². The van der Waals surface area contributed by atoms with E-state index in [-0.39, 0.29) is 11.8 Å². The first-order chi connectivity index (χ1) is 3.18. The molecule has 0 heterocycles. The van der Waals surface area contributed by atoms with Crippen LogP contribution in [0.25, 0.3) is 0 Å². The van der Waals surface area contributed by atoms with Gasteiger partial charge in [0.1, 0.15) is 0 Å². The highest BCUT2D eigenvalue weighted by Gasteiger charge is 1.99. The zero-order valence-corrected chi connectivity index (χ0v) is 5.00. The van der Waals surface area contributed by atoms with E-state index in [1.54, 1.807) is 0 Å². The molecule has 0 aromatic heterocycles. The Morgan fingerprint density at radius 2 is 2.43 bits per heavy atom. The van der Waals surface area contributed by atoms with Crippen molar-refractivity contribution in [1.29, 1.82) is 5.41 Å². The minimum Gasteiger partial charge on any atom is -0.387 e. The van der Waals surface area contributed by atoms with Crippen LogP contribution in [0.5, 0.6) is 0 Å². The van der Waals surface area contributed by atoms with Crippen molar-refractivity contribution in [1.82, 2.24) is 0 Å². The van der Waals surface area contributed by atoms with E-state index in [1.807, 2.05) is 6.92 Å². The molecule has 0 rings (SSSR count). The average molecular weight is 121 g/mol. The summed E-state index contributed by atoms with van der Waals surface area (Å²) in [5, 5.41) is 6.79. The lowest BCUT2D eigenvalue weighted by atomic mass is 10.2. The number of halogens is 1. The first-order valence-electron chi connectivity index (χ1n) is 2.08. The van der Waals surface area contributed by atoms with Gasteiger partial charge in [-0.2, -0.15) is 0 Å². The second kappa shape index (κ2) is 2.86. The van der Waals surface area contributed by atoms with Crippen LogP contribution in [0, 0.1) is 11.3 Å². The molecule has 0 amide bonds. The highest BCUT2D eigenvalue weighted by Crippen LogP contribution is 1.94. The van der Waals surface area contributed by atoms with Crippen molar-refractivity contribution >= 4 is 17.4 Å². The number of hydrogen-bond acceptors (Lipinski definition) is 1. The van der Waals surface area contributed by atoms with Crippen molar-refractivity contribution in [3.8, 4) is 0 Å². The Morgan fingerprint density at radius 1 is 2.00 bits per heavy atom. The van der Waals surface area contributed by atoms with E-state index in [1.165, 1.54) is 0 Å². The van der Waals surface area contributed by atoms with Gasteiger partial charge in [0.05, 0.1) is 5.84 Å². The maximum atomic E-state index is 6.79. The Kier molecular flexibility index (Phi) is 2.76. The Labute approximate surface area is 48.2 Å². The number of amidine groups is 1. The number of nitrogens with two attached hydrogens (primary N) is 1. The molecule has 1 unspecified atom stereocenters. The van der Waals surface area contributed by atoms with Crippen molar-refractivity contribution in [2.45, 2.75) is 6.92 Å². The van der Waals surface area contributed by atoms with Crippen molar-refractivity contribution in [3.05, 3.63) is 0 Å². The van der Waals surface area contributed by atoms with Gasteiger partial charge < -0.3 is 5.73 Å². The van der Waals surface area contributed by atoms with Crippen molar-refractivity contribution in [2.24, 2.45) is 11.7 Å². The quantitative estimate of drug-likeness (QED) is 0.316. The summed E-state index contributed by atoms with van der Waals surface area (Å²) >= 11 is 5.33. The van der Waals surface area contributed by atoms with E-state index in [2.05, 4.69) is 0 Å². The fourth-order valence-corrected chi connectivity index (χ4v) is 0.249. The molecule has 0 aliphatic rings. The van der Waals surface area contributed by atoms with Gasteiger partial charge in [-0.05, 0) is 0 Å². The van der Waals surface area contributed by atoms with Crippen LogP contribution in [0.1, 0.15) is 6.92 Å². The van der Waals surface area contributed by atoms with Crippen LogP contribution in [-0.2, 0) is 0 Å². The second-order valence-corrected chi connectivity index (χ2v) is 1.82. The molecule has 0 fully saturated rings. The van der Waals surface area contributed by atoms with E-state index < -0.39 is 0 Å². The van der Waals surface area contributed by atoms with Crippen LogP contribution in [0.15, 0.2) is 0 Å². The molecule has 7 heavy (non-hydrogen) atoms. The minimum absolute atomic E-state index is 0.0293. The lowest BCUT2D eigenvalue weighted by molar-refractivity contribution is 0.874. The molecule has 1 atom stereocenters. The van der Waals surface area contributed by atoms with E-state index in [0.29, 0.717) is 5.88 Å². The van der Waals surface area contributed by atoms with Crippen LogP contribution < -0.4 is 5.73 Å². The van der Waals surface area contributed by atoms with Gasteiger partial charge in [0.15, 0.2) is 0 Å². The largest absolute Gasteiger partial charge is 0.387 e. The summed E-state index contributed by atoms with van der Waals surface area (Å²) in [4.78, 5) is 0. The van der Waals surface area contributed by atoms with E-state index in [4.69, 9.17) is 22.7 Å². The molecule has 0 aliphatic heterocycles. The van der Waals surface area contributed by atoms with Gasteiger partial charge in [-0.3, -0.25) is 5.41 Å². The van der Waals surface area contributed by atoms with Gasteiger partial charge in [-0.25, -0.2) is 0 Å². The van der Waals surface area contributed by atoms with Gasteiger partial charge in [0, 0.05) is 11.8 Å². The SMILES string of the molecule is CC(CCl)C(=N)N. The van der Waals surface area contributed by atoms with Gasteiger partial charge >= 0.3 is 0 Å². The molecule has 3 N–H and O–H groups in total. The summed E-state index contributed by atoms with van der Waals surface area (Å²) in [5.41, 5.74) is 5.05. The minimum atomic E-state index is 0.0293. The smallest absolute Gasteiger partial charge is 0.0946 e. The molecule has 42 valence electrons. The van der Waals surface area contributed by atoms with E-state index in [0.717, 1.165) is 0 Å². The van der Waals surface area contributed by atoms with Crippen LogP contribution in [0.3, 0.4) is 0 Å². The van der Waals surface area contributed by atoms with Crippen LogP contribution >= 0.6 is 11.6 Å². The summed E-state index contributed by atoms with van der Waals surface area (Å²) in [7, 11) is 0. The molecule has 0 aromatic carbocycles. The first kappa shape index (κ1) is 6.76. The Bertz CT molecular complexity index is 72.1. The maximum absolute atomic E-state index is 6.79. The zero-order chi connectivity index (χ0) is 5.86. The van der Waals surface area contributed by atoms with Crippen LogP contribution in [-0.4, -0.2) is 11.7 Å². The number of nitrogens with one attached hydrogen (secondary N) is 1.